The molecule has 17 heavy (non-hydrogen) atoms. The predicted molar refractivity (Wildman–Crippen MR) is 70.8 cm³/mol. The number of carboxylic acid groups (broad SMARTS) is 1. The molecule has 2 aromatic rings. The number of aromatic nitrogens is 1. The van der Waals surface area contributed by atoms with Crippen LogP contribution < -0.4 is 0 Å². The van der Waals surface area contributed by atoms with Crippen molar-refractivity contribution in [1.29, 1.82) is 0 Å². The molecule has 2 aromatic heterocycles. The Morgan fingerprint density at radius 3 is 2.94 bits per heavy atom. The minimum Gasteiger partial charge on any atom is -0.481 e. The number of carbonyl (C=O) groups is 1. The van der Waals surface area contributed by atoms with Crippen molar-refractivity contribution in [3.8, 4) is 9.88 Å². The maximum absolute atomic E-state index is 10.5. The van der Waals surface area contributed by atoms with Gasteiger partial charge in [-0.1, -0.05) is 6.92 Å². The van der Waals surface area contributed by atoms with Crippen LogP contribution in [0.5, 0.6) is 0 Å². The monoisotopic (exact) mass is 267 g/mol. The van der Waals surface area contributed by atoms with E-state index in [1.165, 1.54) is 9.75 Å². The zero-order valence-corrected chi connectivity index (χ0v) is 11.1. The lowest BCUT2D eigenvalue weighted by Crippen LogP contribution is -1.97. The summed E-state index contributed by atoms with van der Waals surface area (Å²) in [6.45, 7) is 2.13. The molecule has 5 heteroatoms. The Morgan fingerprint density at radius 1 is 1.47 bits per heavy atom. The van der Waals surface area contributed by atoms with Crippen molar-refractivity contribution < 1.29 is 9.90 Å². The first kappa shape index (κ1) is 12.3. The number of nitrogens with zero attached hydrogens (tertiary/aromatic N) is 1. The third-order valence-electron chi connectivity index (χ3n) is 2.37. The van der Waals surface area contributed by atoms with E-state index in [0.29, 0.717) is 6.42 Å². The molecule has 90 valence electrons. The summed E-state index contributed by atoms with van der Waals surface area (Å²) in [4.78, 5) is 17.5. The van der Waals surface area contributed by atoms with Crippen LogP contribution in [0.1, 0.15) is 23.9 Å². The molecule has 0 fully saturated rings. The Morgan fingerprint density at radius 2 is 2.29 bits per heavy atom. The summed E-state index contributed by atoms with van der Waals surface area (Å²) in [5, 5.41) is 11.6. The molecule has 0 saturated carbocycles. The van der Waals surface area contributed by atoms with Gasteiger partial charge in [-0.15, -0.1) is 22.7 Å². The van der Waals surface area contributed by atoms with Crippen molar-refractivity contribution >= 4 is 28.6 Å². The van der Waals surface area contributed by atoms with E-state index in [-0.39, 0.29) is 6.42 Å². The normalized spacial score (nSPS) is 10.6. The third kappa shape index (κ3) is 3.14. The first-order valence-corrected chi connectivity index (χ1v) is 7.14. The molecule has 0 radical (unpaired) electrons. The first-order valence-electron chi connectivity index (χ1n) is 5.44. The molecule has 3 nitrogen and oxygen atoms in total. The second-order valence-electron chi connectivity index (χ2n) is 3.66. The van der Waals surface area contributed by atoms with Crippen molar-refractivity contribution in [1.82, 2.24) is 4.98 Å². The highest BCUT2D eigenvalue weighted by molar-refractivity contribution is 7.21. The Kier molecular flexibility index (Phi) is 3.91. The Bertz CT molecular complexity index is 516. The number of aliphatic carboxylic acids is 1. The van der Waals surface area contributed by atoms with E-state index in [2.05, 4.69) is 24.0 Å². The molecule has 2 heterocycles. The van der Waals surface area contributed by atoms with Crippen molar-refractivity contribution in [2.24, 2.45) is 0 Å². The van der Waals surface area contributed by atoms with Gasteiger partial charge in [0, 0.05) is 16.7 Å². The molecule has 2 rings (SSSR count). The highest BCUT2D eigenvalue weighted by Crippen LogP contribution is 2.31. The number of hydrogen-bond acceptors (Lipinski definition) is 4. The van der Waals surface area contributed by atoms with E-state index in [9.17, 15) is 4.79 Å². The van der Waals surface area contributed by atoms with Gasteiger partial charge in [0.15, 0.2) is 0 Å². The summed E-state index contributed by atoms with van der Waals surface area (Å²) in [6, 6.07) is 4.21. The maximum atomic E-state index is 10.5. The number of carboxylic acids is 1. The van der Waals surface area contributed by atoms with Crippen molar-refractivity contribution in [3.05, 3.63) is 28.1 Å². The predicted octanol–water partition coefficient (Wildman–Crippen LogP) is 3.45. The summed E-state index contributed by atoms with van der Waals surface area (Å²) in [5.74, 6) is -0.774. The fourth-order valence-corrected chi connectivity index (χ4v) is 3.33. The zero-order chi connectivity index (χ0) is 12.3. The summed E-state index contributed by atoms with van der Waals surface area (Å²) < 4.78 is 0. The Balaban J connectivity index is 2.09. The van der Waals surface area contributed by atoms with E-state index in [1.54, 1.807) is 22.7 Å². The smallest absolute Gasteiger partial charge is 0.303 e. The molecule has 0 aliphatic carbocycles. The number of hydrogen-bond donors (Lipinski definition) is 1. The van der Waals surface area contributed by atoms with E-state index >= 15 is 0 Å². The molecule has 0 unspecified atom stereocenters. The minimum absolute atomic E-state index is 0.147. The standard InChI is InChI=1S/C12H13NO2S2/c1-2-9-4-5-10(17-9)12-13-8(7-16-12)3-6-11(14)15/h4-5,7H,2-3,6H2,1H3,(H,14,15). The highest BCUT2D eigenvalue weighted by atomic mass is 32.1. The average molecular weight is 267 g/mol. The minimum atomic E-state index is -0.774. The molecule has 1 N–H and O–H groups in total. The lowest BCUT2D eigenvalue weighted by atomic mass is 10.2. The average Bonchev–Trinajstić information content (AvgIpc) is 2.94. The Hall–Kier alpha value is -1.20. The van der Waals surface area contributed by atoms with Crippen molar-refractivity contribution in [3.63, 3.8) is 0 Å². The lowest BCUT2D eigenvalue weighted by Gasteiger charge is -1.91. The van der Waals surface area contributed by atoms with Gasteiger partial charge in [0.1, 0.15) is 5.01 Å². The van der Waals surface area contributed by atoms with Crippen LogP contribution in [0.2, 0.25) is 0 Å². The molecule has 0 aliphatic rings. The zero-order valence-electron chi connectivity index (χ0n) is 9.47. The van der Waals surface area contributed by atoms with Crippen LogP contribution >= 0.6 is 22.7 Å². The largest absolute Gasteiger partial charge is 0.481 e. The summed E-state index contributed by atoms with van der Waals surface area (Å²) >= 11 is 3.34. The number of thiazole rings is 1. The van der Waals surface area contributed by atoms with Crippen LogP contribution in [0, 0.1) is 0 Å². The number of aryl methyl sites for hydroxylation is 2. The molecule has 0 bridgehead atoms. The molecular weight excluding hydrogens is 254 g/mol. The van der Waals surface area contributed by atoms with Crippen LogP contribution in [0.15, 0.2) is 17.5 Å². The SMILES string of the molecule is CCc1ccc(-c2nc(CCC(=O)O)cs2)s1. The fraction of sp³-hybridized carbons (Fsp3) is 0.333. The van der Waals surface area contributed by atoms with Gasteiger partial charge < -0.3 is 5.11 Å². The van der Waals surface area contributed by atoms with Crippen LogP contribution in [0.3, 0.4) is 0 Å². The highest BCUT2D eigenvalue weighted by Gasteiger charge is 2.08. The quantitative estimate of drug-likeness (QED) is 0.902. The lowest BCUT2D eigenvalue weighted by molar-refractivity contribution is -0.136. The molecule has 0 aliphatic heterocycles. The van der Waals surface area contributed by atoms with Gasteiger partial charge >= 0.3 is 5.97 Å². The number of rotatable bonds is 5. The molecule has 0 saturated heterocycles. The Labute approximate surface area is 108 Å². The maximum Gasteiger partial charge on any atom is 0.303 e. The van der Waals surface area contributed by atoms with Gasteiger partial charge in [-0.25, -0.2) is 4.98 Å². The molecule has 0 atom stereocenters. The van der Waals surface area contributed by atoms with Gasteiger partial charge in [-0.2, -0.15) is 0 Å². The molecular formula is C12H13NO2S2. The van der Waals surface area contributed by atoms with Gasteiger partial charge in [-0.05, 0) is 18.6 Å². The van der Waals surface area contributed by atoms with Crippen molar-refractivity contribution in [2.45, 2.75) is 26.2 Å². The summed E-state index contributed by atoms with van der Waals surface area (Å²) in [6.07, 6.45) is 1.70. The van der Waals surface area contributed by atoms with Crippen LogP contribution in [-0.4, -0.2) is 16.1 Å². The summed E-state index contributed by atoms with van der Waals surface area (Å²) in [5.41, 5.74) is 0.874. The van der Waals surface area contributed by atoms with E-state index in [1.807, 2.05) is 5.38 Å². The number of thiophene rings is 1. The molecule has 0 amide bonds. The van der Waals surface area contributed by atoms with Crippen molar-refractivity contribution in [2.75, 3.05) is 0 Å². The van der Waals surface area contributed by atoms with Crippen LogP contribution in [0.25, 0.3) is 9.88 Å². The topological polar surface area (TPSA) is 50.2 Å². The second kappa shape index (κ2) is 5.42. The fourth-order valence-electron chi connectivity index (χ4n) is 1.45. The van der Waals surface area contributed by atoms with E-state index in [4.69, 9.17) is 5.11 Å². The molecule has 0 aromatic carbocycles. The van der Waals surface area contributed by atoms with Gasteiger partial charge in [0.25, 0.3) is 0 Å². The first-order chi connectivity index (χ1) is 8.19. The van der Waals surface area contributed by atoms with Gasteiger partial charge in [0.05, 0.1) is 17.0 Å². The van der Waals surface area contributed by atoms with Crippen LogP contribution in [-0.2, 0) is 17.6 Å². The van der Waals surface area contributed by atoms with E-state index in [0.717, 1.165) is 17.1 Å². The van der Waals surface area contributed by atoms with Gasteiger partial charge in [0.2, 0.25) is 0 Å². The van der Waals surface area contributed by atoms with E-state index < -0.39 is 5.97 Å². The van der Waals surface area contributed by atoms with Gasteiger partial charge in [-0.3, -0.25) is 4.79 Å². The molecule has 0 spiro atoms. The van der Waals surface area contributed by atoms with Crippen LogP contribution in [0.4, 0.5) is 0 Å². The summed E-state index contributed by atoms with van der Waals surface area (Å²) in [7, 11) is 0. The second-order valence-corrected chi connectivity index (χ2v) is 5.68. The third-order valence-corrected chi connectivity index (χ3v) is 4.66.